The number of nitrogens with zero attached hydrogens (tertiary/aromatic N) is 5. The standard InChI is InChI=1S/C29H37BrFN5O2/c1-21(17-34-13-15-35(16-14-34)18-22-7-4-3-5-8-22)19-38-28-32-26-23(9-10-24(30)25(26)31)27(33-28)36-12-6-11-29(2,37)20-36/h3-5,7-10,21,37H,6,11-20H2,1-2H3/t21-,29-/m1/s1. The number of halogens is 2. The maximum atomic E-state index is 15.1. The molecule has 2 atom stereocenters. The normalized spacial score (nSPS) is 22.1. The molecule has 7 nitrogen and oxygen atoms in total. The van der Waals surface area contributed by atoms with Crippen molar-refractivity contribution in [2.75, 3.05) is 57.3 Å². The molecule has 204 valence electrons. The van der Waals surface area contributed by atoms with Crippen molar-refractivity contribution in [3.05, 3.63) is 58.3 Å². The first kappa shape index (κ1) is 27.2. The number of piperidine rings is 1. The number of fused-ring (bicyclic) bond motifs is 1. The number of hydrogen-bond donors (Lipinski definition) is 1. The van der Waals surface area contributed by atoms with Gasteiger partial charge in [0, 0.05) is 63.7 Å². The molecule has 0 saturated carbocycles. The van der Waals surface area contributed by atoms with Crippen molar-refractivity contribution in [1.29, 1.82) is 0 Å². The second-order valence-corrected chi connectivity index (χ2v) is 11.9. The molecule has 2 aliphatic heterocycles. The Morgan fingerprint density at radius 3 is 2.53 bits per heavy atom. The van der Waals surface area contributed by atoms with Gasteiger partial charge in [-0.25, -0.2) is 4.39 Å². The fourth-order valence-corrected chi connectivity index (χ4v) is 5.81. The number of hydrogen-bond acceptors (Lipinski definition) is 7. The molecule has 0 aliphatic carbocycles. The van der Waals surface area contributed by atoms with E-state index in [1.165, 1.54) is 5.56 Å². The lowest BCUT2D eigenvalue weighted by atomic mass is 9.95. The van der Waals surface area contributed by atoms with Gasteiger partial charge in [0.15, 0.2) is 5.82 Å². The van der Waals surface area contributed by atoms with Crippen LogP contribution in [0.25, 0.3) is 10.9 Å². The van der Waals surface area contributed by atoms with E-state index in [0.29, 0.717) is 28.8 Å². The van der Waals surface area contributed by atoms with Crippen LogP contribution in [0.2, 0.25) is 0 Å². The van der Waals surface area contributed by atoms with E-state index in [-0.39, 0.29) is 17.4 Å². The monoisotopic (exact) mass is 585 g/mol. The SMILES string of the molecule is C[C@@H](COc1nc(N2CCC[C@@](C)(O)C2)c2ccc(Br)c(F)c2n1)CN1CCN(Cc2ccccc2)CC1. The van der Waals surface area contributed by atoms with Crippen LogP contribution < -0.4 is 9.64 Å². The number of piperazine rings is 1. The van der Waals surface area contributed by atoms with Crippen LogP contribution >= 0.6 is 15.9 Å². The maximum Gasteiger partial charge on any atom is 0.319 e. The second kappa shape index (κ2) is 11.8. The summed E-state index contributed by atoms with van der Waals surface area (Å²) in [4.78, 5) is 16.2. The Morgan fingerprint density at radius 2 is 1.79 bits per heavy atom. The molecule has 0 unspecified atom stereocenters. The molecule has 2 aliphatic rings. The predicted molar refractivity (Wildman–Crippen MR) is 152 cm³/mol. The fourth-order valence-electron chi connectivity index (χ4n) is 5.49. The summed E-state index contributed by atoms with van der Waals surface area (Å²) in [5, 5.41) is 11.3. The molecule has 0 bridgehead atoms. The summed E-state index contributed by atoms with van der Waals surface area (Å²) in [5.74, 6) is 0.446. The molecular weight excluding hydrogens is 549 g/mol. The largest absolute Gasteiger partial charge is 0.463 e. The molecule has 2 fully saturated rings. The Kier molecular flexibility index (Phi) is 8.47. The van der Waals surface area contributed by atoms with Gasteiger partial charge in [-0.1, -0.05) is 37.3 Å². The molecule has 1 N–H and O–H groups in total. The van der Waals surface area contributed by atoms with Crippen LogP contribution in [0.5, 0.6) is 6.01 Å². The molecule has 1 aromatic heterocycles. The lowest BCUT2D eigenvalue weighted by Crippen LogP contribution is -2.47. The van der Waals surface area contributed by atoms with Crippen LogP contribution in [0.15, 0.2) is 46.9 Å². The predicted octanol–water partition coefficient (Wildman–Crippen LogP) is 4.72. The average molecular weight is 587 g/mol. The Hall–Kier alpha value is -2.33. The van der Waals surface area contributed by atoms with Crippen molar-refractivity contribution in [3.63, 3.8) is 0 Å². The smallest absolute Gasteiger partial charge is 0.319 e. The first-order valence-electron chi connectivity index (χ1n) is 13.5. The van der Waals surface area contributed by atoms with Crippen molar-refractivity contribution in [1.82, 2.24) is 19.8 Å². The Labute approximate surface area is 232 Å². The highest BCUT2D eigenvalue weighted by molar-refractivity contribution is 9.10. The quantitative estimate of drug-likeness (QED) is 0.410. The number of aromatic nitrogens is 2. The lowest BCUT2D eigenvalue weighted by molar-refractivity contribution is 0.0447. The van der Waals surface area contributed by atoms with Crippen molar-refractivity contribution in [2.45, 2.75) is 38.8 Å². The zero-order valence-electron chi connectivity index (χ0n) is 22.2. The minimum absolute atomic E-state index is 0.175. The zero-order valence-corrected chi connectivity index (χ0v) is 23.8. The van der Waals surface area contributed by atoms with Gasteiger partial charge in [0.1, 0.15) is 11.3 Å². The number of β-amino-alcohol motifs (C(OH)–C–C–N with tert-alkyl or cyclic N) is 1. The van der Waals surface area contributed by atoms with E-state index in [2.05, 4.69) is 68.0 Å². The van der Waals surface area contributed by atoms with Crippen LogP contribution in [0, 0.1) is 11.7 Å². The van der Waals surface area contributed by atoms with E-state index in [1.54, 1.807) is 6.07 Å². The molecule has 3 aromatic rings. The molecular formula is C29H37BrFN5O2. The lowest BCUT2D eigenvalue weighted by Gasteiger charge is -2.38. The third-order valence-electron chi connectivity index (χ3n) is 7.47. The number of aliphatic hydroxyl groups is 1. The van der Waals surface area contributed by atoms with E-state index < -0.39 is 11.4 Å². The van der Waals surface area contributed by atoms with E-state index in [1.807, 2.05) is 17.9 Å². The van der Waals surface area contributed by atoms with Gasteiger partial charge in [0.25, 0.3) is 0 Å². The first-order valence-corrected chi connectivity index (χ1v) is 14.3. The first-order chi connectivity index (χ1) is 18.3. The summed E-state index contributed by atoms with van der Waals surface area (Å²) in [5.41, 5.74) is 0.769. The van der Waals surface area contributed by atoms with Gasteiger partial charge in [-0.2, -0.15) is 9.97 Å². The topological polar surface area (TPSA) is 65.0 Å². The summed E-state index contributed by atoms with van der Waals surface area (Å²) in [6, 6.07) is 14.3. The molecule has 3 heterocycles. The minimum atomic E-state index is -0.815. The van der Waals surface area contributed by atoms with Gasteiger partial charge >= 0.3 is 6.01 Å². The molecule has 2 aromatic carbocycles. The summed E-state index contributed by atoms with van der Waals surface area (Å²) in [6.07, 6.45) is 1.57. The van der Waals surface area contributed by atoms with E-state index >= 15 is 4.39 Å². The van der Waals surface area contributed by atoms with E-state index in [9.17, 15) is 5.11 Å². The maximum absolute atomic E-state index is 15.1. The molecule has 0 spiro atoms. The minimum Gasteiger partial charge on any atom is -0.463 e. The van der Waals surface area contributed by atoms with Crippen molar-refractivity contribution < 1.29 is 14.2 Å². The Balaban J connectivity index is 1.22. The highest BCUT2D eigenvalue weighted by Gasteiger charge is 2.31. The van der Waals surface area contributed by atoms with Crippen molar-refractivity contribution >= 4 is 32.7 Å². The number of benzene rings is 2. The average Bonchev–Trinajstić information content (AvgIpc) is 2.90. The van der Waals surface area contributed by atoms with Crippen molar-refractivity contribution in [2.24, 2.45) is 5.92 Å². The Bertz CT molecular complexity index is 1240. The Morgan fingerprint density at radius 1 is 1.05 bits per heavy atom. The number of ether oxygens (including phenoxy) is 1. The van der Waals surface area contributed by atoms with Crippen LogP contribution in [-0.2, 0) is 6.54 Å². The van der Waals surface area contributed by atoms with Crippen LogP contribution in [-0.4, -0.2) is 82.9 Å². The number of anilines is 1. The van der Waals surface area contributed by atoms with Crippen LogP contribution in [0.3, 0.4) is 0 Å². The summed E-state index contributed by atoms with van der Waals surface area (Å²) in [6.45, 7) is 11.7. The van der Waals surface area contributed by atoms with Crippen molar-refractivity contribution in [3.8, 4) is 6.01 Å². The third-order valence-corrected chi connectivity index (χ3v) is 8.09. The van der Waals surface area contributed by atoms with Gasteiger partial charge in [-0.05, 0) is 53.4 Å². The van der Waals surface area contributed by atoms with Gasteiger partial charge in [0.2, 0.25) is 0 Å². The molecule has 5 rings (SSSR count). The van der Waals surface area contributed by atoms with Crippen LogP contribution in [0.4, 0.5) is 10.2 Å². The summed E-state index contributed by atoms with van der Waals surface area (Å²) >= 11 is 3.28. The summed E-state index contributed by atoms with van der Waals surface area (Å²) < 4.78 is 21.5. The highest BCUT2D eigenvalue weighted by Crippen LogP contribution is 2.34. The fraction of sp³-hybridized carbons (Fsp3) is 0.517. The molecule has 0 radical (unpaired) electrons. The van der Waals surface area contributed by atoms with Crippen LogP contribution in [0.1, 0.15) is 32.3 Å². The van der Waals surface area contributed by atoms with Gasteiger partial charge in [-0.3, -0.25) is 4.90 Å². The zero-order chi connectivity index (χ0) is 26.7. The molecule has 2 saturated heterocycles. The van der Waals surface area contributed by atoms with E-state index in [4.69, 9.17) is 9.72 Å². The van der Waals surface area contributed by atoms with Gasteiger partial charge in [0.05, 0.1) is 16.7 Å². The van der Waals surface area contributed by atoms with Gasteiger partial charge in [-0.15, -0.1) is 0 Å². The highest BCUT2D eigenvalue weighted by atomic mass is 79.9. The van der Waals surface area contributed by atoms with Gasteiger partial charge < -0.3 is 19.6 Å². The van der Waals surface area contributed by atoms with E-state index in [0.717, 1.165) is 58.7 Å². The molecule has 0 amide bonds. The second-order valence-electron chi connectivity index (χ2n) is 11.1. The molecule has 9 heteroatoms. The summed E-state index contributed by atoms with van der Waals surface area (Å²) in [7, 11) is 0. The number of rotatable bonds is 8. The third kappa shape index (κ3) is 6.62. The molecule has 38 heavy (non-hydrogen) atoms.